The number of aromatic amines is 1. The number of para-hydroxylation sites is 1. The number of rotatable bonds is 10. The number of ether oxygens (including phenoxy) is 1. The molecular weight excluding hydrogens is 612 g/mol. The lowest BCUT2D eigenvalue weighted by molar-refractivity contribution is -0.159. The molecule has 1 fully saturated rings. The topological polar surface area (TPSA) is 155 Å². The normalized spacial score (nSPS) is 14.1. The molecule has 1 amide bonds. The molecule has 5 N–H and O–H groups in total. The van der Waals surface area contributed by atoms with Gasteiger partial charge in [0.25, 0.3) is 5.91 Å². The maximum absolute atomic E-state index is 13.2. The lowest BCUT2D eigenvalue weighted by Gasteiger charge is -2.40. The Balaban J connectivity index is 0.000000689. The van der Waals surface area contributed by atoms with Gasteiger partial charge in [-0.1, -0.05) is 78.9 Å². The molecule has 11 heteroatoms. The van der Waals surface area contributed by atoms with E-state index in [1.807, 2.05) is 42.6 Å². The van der Waals surface area contributed by atoms with Crippen molar-refractivity contribution in [3.05, 3.63) is 132 Å². The van der Waals surface area contributed by atoms with E-state index in [4.69, 9.17) is 24.5 Å². The molecule has 1 saturated heterocycles. The van der Waals surface area contributed by atoms with Gasteiger partial charge in [0, 0.05) is 49.8 Å². The number of aliphatic hydroxyl groups is 1. The first kappa shape index (κ1) is 33.9. The number of hydrogen-bond donors (Lipinski definition) is 5. The van der Waals surface area contributed by atoms with E-state index in [1.54, 1.807) is 12.1 Å². The van der Waals surface area contributed by atoms with Crippen LogP contribution in [0.4, 0.5) is 5.69 Å². The molecule has 1 aliphatic heterocycles. The summed E-state index contributed by atoms with van der Waals surface area (Å²) in [4.78, 5) is 39.3. The number of carboxylic acids is 2. The molecule has 0 saturated carbocycles. The number of β-amino-alcohol motifs (C(OH)–C–C–N with tert-alkyl or cyclic N) is 1. The van der Waals surface area contributed by atoms with Crippen LogP contribution in [0.5, 0.6) is 5.75 Å². The number of aliphatic hydroxyl groups excluding tert-OH is 1. The van der Waals surface area contributed by atoms with E-state index in [-0.39, 0.29) is 18.6 Å². The van der Waals surface area contributed by atoms with Gasteiger partial charge in [-0.3, -0.25) is 14.6 Å². The Labute approximate surface area is 278 Å². The molecule has 0 aliphatic carbocycles. The van der Waals surface area contributed by atoms with Crippen LogP contribution < -0.4 is 10.1 Å². The van der Waals surface area contributed by atoms with Gasteiger partial charge in [0.1, 0.15) is 18.5 Å². The Morgan fingerprint density at radius 2 is 1.35 bits per heavy atom. The highest BCUT2D eigenvalue weighted by Crippen LogP contribution is 2.30. The second-order valence-corrected chi connectivity index (χ2v) is 11.3. The van der Waals surface area contributed by atoms with Crippen molar-refractivity contribution in [2.24, 2.45) is 0 Å². The lowest BCUT2D eigenvalue weighted by atomic mass is 9.96. The fourth-order valence-electron chi connectivity index (χ4n) is 5.79. The quantitative estimate of drug-likeness (QED) is 0.135. The van der Waals surface area contributed by atoms with E-state index < -0.39 is 18.0 Å². The third kappa shape index (κ3) is 8.85. The average molecular weight is 651 g/mol. The Morgan fingerprint density at radius 1 is 0.750 bits per heavy atom. The van der Waals surface area contributed by atoms with E-state index in [0.29, 0.717) is 17.9 Å². The molecule has 5 aromatic rings. The predicted molar refractivity (Wildman–Crippen MR) is 182 cm³/mol. The van der Waals surface area contributed by atoms with Crippen LogP contribution in [0.2, 0.25) is 0 Å². The van der Waals surface area contributed by atoms with E-state index >= 15 is 0 Å². The van der Waals surface area contributed by atoms with E-state index in [0.717, 1.165) is 42.8 Å². The number of aliphatic carboxylic acids is 2. The Hall–Kier alpha value is -5.49. The highest BCUT2D eigenvalue weighted by Gasteiger charge is 2.27. The van der Waals surface area contributed by atoms with Crippen LogP contribution in [-0.2, 0) is 9.59 Å². The molecule has 11 nitrogen and oxygen atoms in total. The smallest absolute Gasteiger partial charge is 0.414 e. The van der Waals surface area contributed by atoms with E-state index in [1.165, 1.54) is 11.1 Å². The molecule has 1 unspecified atom stereocenters. The van der Waals surface area contributed by atoms with Crippen molar-refractivity contribution in [2.45, 2.75) is 12.1 Å². The number of amides is 1. The summed E-state index contributed by atoms with van der Waals surface area (Å²) in [6.45, 7) is 4.14. The van der Waals surface area contributed by atoms with Crippen molar-refractivity contribution in [3.63, 3.8) is 0 Å². The summed E-state index contributed by atoms with van der Waals surface area (Å²) < 4.78 is 5.99. The molecule has 0 spiro atoms. The monoisotopic (exact) mass is 650 g/mol. The first-order chi connectivity index (χ1) is 23.3. The summed E-state index contributed by atoms with van der Waals surface area (Å²) in [6, 6.07) is 36.3. The van der Waals surface area contributed by atoms with Crippen molar-refractivity contribution in [1.82, 2.24) is 14.8 Å². The summed E-state index contributed by atoms with van der Waals surface area (Å²) in [5.74, 6) is -3.45. The van der Waals surface area contributed by atoms with Gasteiger partial charge < -0.3 is 30.4 Å². The van der Waals surface area contributed by atoms with Crippen LogP contribution >= 0.6 is 0 Å². The minimum Gasteiger partial charge on any atom is -0.490 e. The van der Waals surface area contributed by atoms with Crippen LogP contribution in [0, 0.1) is 0 Å². The fourth-order valence-corrected chi connectivity index (χ4v) is 5.79. The minimum atomic E-state index is -1.82. The van der Waals surface area contributed by atoms with Gasteiger partial charge in [0.2, 0.25) is 0 Å². The average Bonchev–Trinajstić information content (AvgIpc) is 3.60. The molecule has 4 aromatic carbocycles. The van der Waals surface area contributed by atoms with Crippen molar-refractivity contribution in [2.75, 3.05) is 44.6 Å². The van der Waals surface area contributed by atoms with Crippen LogP contribution in [0.1, 0.15) is 27.5 Å². The highest BCUT2D eigenvalue weighted by molar-refractivity contribution is 6.27. The number of aromatic nitrogens is 1. The molecule has 1 aromatic heterocycles. The number of nitrogens with one attached hydrogen (secondary N) is 2. The first-order valence-electron chi connectivity index (χ1n) is 15.6. The second kappa shape index (κ2) is 16.4. The number of carbonyl (C=O) groups is 3. The number of fused-ring (bicyclic) bond motifs is 1. The summed E-state index contributed by atoms with van der Waals surface area (Å²) in [7, 11) is 0. The molecule has 1 atom stereocenters. The van der Waals surface area contributed by atoms with E-state index in [9.17, 15) is 9.90 Å². The number of nitrogens with zero attached hydrogens (tertiary/aromatic N) is 2. The predicted octanol–water partition coefficient (Wildman–Crippen LogP) is 4.72. The SMILES string of the molecule is O=C(Nc1cccc2[nH]ccc12)c1ccccc1OCC(O)CN1CCN(C(c2ccccc2)c2ccccc2)CC1.O=C(O)C(=O)O. The maximum atomic E-state index is 13.2. The number of piperazine rings is 1. The Kier molecular flexibility index (Phi) is 11.5. The molecule has 248 valence electrons. The van der Waals surface area contributed by atoms with Crippen molar-refractivity contribution in [1.29, 1.82) is 0 Å². The number of benzene rings is 4. The standard InChI is InChI=1S/C35H36N4O3.C2H2O4/c40-28(24-38-20-22-39(23-21-38)34(26-10-3-1-4-11-26)27-12-5-2-6-13-27)25-42-33-17-8-7-14-30(33)35(41)37-32-16-9-15-31-29(32)18-19-36-31;3-1(4)2(5)6/h1-19,28,34,36,40H,20-25H2,(H,37,41);(H,3,4)(H,5,6). The molecule has 6 rings (SSSR count). The molecule has 1 aliphatic rings. The summed E-state index contributed by atoms with van der Waals surface area (Å²) in [6.07, 6.45) is 1.17. The van der Waals surface area contributed by atoms with Crippen molar-refractivity contribution >= 4 is 34.4 Å². The van der Waals surface area contributed by atoms with Gasteiger partial charge in [-0.15, -0.1) is 0 Å². The van der Waals surface area contributed by atoms with Gasteiger partial charge in [-0.2, -0.15) is 0 Å². The number of H-pyrrole nitrogens is 1. The Bertz CT molecular complexity index is 1750. The van der Waals surface area contributed by atoms with Crippen LogP contribution in [0.3, 0.4) is 0 Å². The number of hydrogen-bond acceptors (Lipinski definition) is 7. The molecule has 0 radical (unpaired) electrons. The largest absolute Gasteiger partial charge is 0.490 e. The number of carbonyl (C=O) groups excluding carboxylic acids is 1. The van der Waals surface area contributed by atoms with Crippen LogP contribution in [-0.4, -0.2) is 93.4 Å². The summed E-state index contributed by atoms with van der Waals surface area (Å²) >= 11 is 0. The first-order valence-corrected chi connectivity index (χ1v) is 15.6. The van der Waals surface area contributed by atoms with Crippen LogP contribution in [0.25, 0.3) is 10.9 Å². The maximum Gasteiger partial charge on any atom is 0.414 e. The van der Waals surface area contributed by atoms with Gasteiger partial charge in [0.15, 0.2) is 0 Å². The number of carboxylic acid groups (broad SMARTS) is 2. The van der Waals surface area contributed by atoms with Crippen LogP contribution in [0.15, 0.2) is 115 Å². The minimum absolute atomic E-state index is 0.106. The zero-order chi connectivity index (χ0) is 33.9. The van der Waals surface area contributed by atoms with Crippen molar-refractivity contribution < 1.29 is 34.4 Å². The molecule has 2 heterocycles. The van der Waals surface area contributed by atoms with Gasteiger partial charge in [-0.05, 0) is 41.5 Å². The lowest BCUT2D eigenvalue weighted by Crippen LogP contribution is -2.50. The van der Waals surface area contributed by atoms with Gasteiger partial charge in [0.05, 0.1) is 17.3 Å². The Morgan fingerprint density at radius 3 is 1.98 bits per heavy atom. The zero-order valence-corrected chi connectivity index (χ0v) is 26.2. The second-order valence-electron chi connectivity index (χ2n) is 11.3. The molecular formula is C37H38N4O7. The summed E-state index contributed by atoms with van der Waals surface area (Å²) in [5, 5.41) is 29.6. The zero-order valence-electron chi connectivity index (χ0n) is 26.2. The summed E-state index contributed by atoms with van der Waals surface area (Å²) in [5.41, 5.74) is 4.70. The third-order valence-corrected chi connectivity index (χ3v) is 8.06. The fraction of sp³-hybridized carbons (Fsp3) is 0.216. The highest BCUT2D eigenvalue weighted by atomic mass is 16.5. The number of anilines is 1. The van der Waals surface area contributed by atoms with E-state index in [2.05, 4.69) is 80.8 Å². The molecule has 48 heavy (non-hydrogen) atoms. The van der Waals surface area contributed by atoms with Gasteiger partial charge in [-0.25, -0.2) is 9.59 Å². The van der Waals surface area contributed by atoms with Crippen molar-refractivity contribution in [3.8, 4) is 5.75 Å². The molecule has 0 bridgehead atoms. The van der Waals surface area contributed by atoms with Gasteiger partial charge >= 0.3 is 11.9 Å². The third-order valence-electron chi connectivity index (χ3n) is 8.06.